The first-order valence-electron chi connectivity index (χ1n) is 10.1. The number of aryl methyl sites for hydroxylation is 3. The summed E-state index contributed by atoms with van der Waals surface area (Å²) >= 11 is 1.58. The lowest BCUT2D eigenvalue weighted by Crippen LogP contribution is -2.23. The van der Waals surface area contributed by atoms with Crippen molar-refractivity contribution in [3.63, 3.8) is 0 Å². The van der Waals surface area contributed by atoms with Crippen LogP contribution in [0.2, 0.25) is 0 Å². The maximum absolute atomic E-state index is 13.3. The maximum Gasteiger partial charge on any atom is 0.276 e. The first-order valence-corrected chi connectivity index (χ1v) is 11.0. The quantitative estimate of drug-likeness (QED) is 0.385. The molecule has 5 aromatic rings. The topological polar surface area (TPSA) is 47.8 Å². The van der Waals surface area contributed by atoms with Crippen molar-refractivity contribution in [1.82, 2.24) is 14.8 Å². The Hall–Kier alpha value is -3.31. The number of rotatable bonds is 5. The molecule has 2 aromatic carbocycles. The smallest absolute Gasteiger partial charge is 0.267 e. The fraction of sp³-hybridized carbons (Fsp3) is 0.160. The normalized spacial score (nSPS) is 11.4. The van der Waals surface area contributed by atoms with Gasteiger partial charge in [-0.25, -0.2) is 4.68 Å². The highest BCUT2D eigenvalue weighted by Crippen LogP contribution is 2.33. The Balaban J connectivity index is 1.51. The van der Waals surface area contributed by atoms with Crippen LogP contribution in [-0.4, -0.2) is 14.8 Å². The Morgan fingerprint density at radius 1 is 0.967 bits per heavy atom. The van der Waals surface area contributed by atoms with E-state index in [1.54, 1.807) is 16.0 Å². The summed E-state index contributed by atoms with van der Waals surface area (Å²) in [4.78, 5) is 18.0. The van der Waals surface area contributed by atoms with Crippen molar-refractivity contribution in [1.29, 1.82) is 0 Å². The van der Waals surface area contributed by atoms with Crippen LogP contribution in [0.5, 0.6) is 0 Å². The number of nitrogens with zero attached hydrogens (tertiary/aromatic N) is 3. The molecule has 0 spiro atoms. The van der Waals surface area contributed by atoms with Crippen molar-refractivity contribution < 1.29 is 0 Å². The molecule has 148 valence electrons. The first-order chi connectivity index (χ1) is 14.7. The summed E-state index contributed by atoms with van der Waals surface area (Å²) in [6.07, 6.45) is 3.40. The van der Waals surface area contributed by atoms with Crippen LogP contribution in [0.15, 0.2) is 77.0 Å². The van der Waals surface area contributed by atoms with Crippen LogP contribution >= 0.6 is 11.3 Å². The van der Waals surface area contributed by atoms with Gasteiger partial charge < -0.3 is 0 Å². The van der Waals surface area contributed by atoms with Gasteiger partial charge in [-0.05, 0) is 29.7 Å². The molecule has 0 aliphatic heterocycles. The molecule has 0 radical (unpaired) electrons. The minimum absolute atomic E-state index is 0.0320. The van der Waals surface area contributed by atoms with Crippen molar-refractivity contribution >= 4 is 32.3 Å². The molecular formula is C25H21N3OS. The molecule has 3 heterocycles. The molecule has 4 nitrogen and oxygen atoms in total. The minimum atomic E-state index is -0.0320. The highest BCUT2D eigenvalue weighted by atomic mass is 32.1. The summed E-state index contributed by atoms with van der Waals surface area (Å²) in [7, 11) is 0. The molecule has 3 aromatic heterocycles. The number of hydrogen-bond acceptors (Lipinski definition) is 4. The average Bonchev–Trinajstić information content (AvgIpc) is 3.23. The molecule has 0 atom stereocenters. The van der Waals surface area contributed by atoms with Gasteiger partial charge in [0.15, 0.2) is 0 Å². The Morgan fingerprint density at radius 2 is 1.80 bits per heavy atom. The zero-order valence-corrected chi connectivity index (χ0v) is 17.5. The Morgan fingerprint density at radius 3 is 2.70 bits per heavy atom. The van der Waals surface area contributed by atoms with Crippen LogP contribution in [0.4, 0.5) is 0 Å². The van der Waals surface area contributed by atoms with E-state index in [0.717, 1.165) is 44.2 Å². The van der Waals surface area contributed by atoms with Gasteiger partial charge in [0.25, 0.3) is 5.56 Å². The van der Waals surface area contributed by atoms with E-state index in [0.29, 0.717) is 13.0 Å². The fourth-order valence-corrected chi connectivity index (χ4v) is 4.82. The van der Waals surface area contributed by atoms with E-state index in [4.69, 9.17) is 4.98 Å². The predicted molar refractivity (Wildman–Crippen MR) is 124 cm³/mol. The lowest BCUT2D eigenvalue weighted by atomic mass is 9.98. The van der Waals surface area contributed by atoms with Crippen LogP contribution in [0.3, 0.4) is 0 Å². The van der Waals surface area contributed by atoms with Gasteiger partial charge in [0.05, 0.1) is 28.3 Å². The fourth-order valence-electron chi connectivity index (χ4n) is 3.91. The number of benzene rings is 2. The largest absolute Gasteiger partial charge is 0.276 e. The summed E-state index contributed by atoms with van der Waals surface area (Å²) in [5.41, 5.74) is 5.30. The van der Waals surface area contributed by atoms with E-state index in [1.165, 1.54) is 5.56 Å². The molecule has 0 aliphatic rings. The highest BCUT2D eigenvalue weighted by Gasteiger charge is 2.15. The Bertz CT molecular complexity index is 1420. The maximum atomic E-state index is 13.3. The predicted octanol–water partition coefficient (Wildman–Crippen LogP) is 5.48. The zero-order chi connectivity index (χ0) is 20.5. The highest BCUT2D eigenvalue weighted by molar-refractivity contribution is 7.17. The number of thiophene rings is 1. The second-order valence-corrected chi connectivity index (χ2v) is 8.23. The van der Waals surface area contributed by atoms with Crippen molar-refractivity contribution in [3.05, 3.63) is 93.9 Å². The molecule has 0 bridgehead atoms. The summed E-state index contributed by atoms with van der Waals surface area (Å²) in [6.45, 7) is 2.65. The van der Waals surface area contributed by atoms with E-state index in [1.807, 2.05) is 42.6 Å². The molecular weight excluding hydrogens is 390 g/mol. The van der Waals surface area contributed by atoms with Crippen LogP contribution < -0.4 is 5.56 Å². The minimum Gasteiger partial charge on any atom is -0.267 e. The monoisotopic (exact) mass is 411 g/mol. The van der Waals surface area contributed by atoms with Crippen LogP contribution in [0.25, 0.3) is 32.1 Å². The van der Waals surface area contributed by atoms with Gasteiger partial charge in [-0.15, -0.1) is 11.3 Å². The van der Waals surface area contributed by atoms with Gasteiger partial charge in [-0.3, -0.25) is 9.78 Å². The van der Waals surface area contributed by atoms with E-state index < -0.39 is 0 Å². The molecule has 0 saturated carbocycles. The standard InChI is InChI=1S/C25H21N3OS/c1-2-17-7-3-5-9-20(17)21-16-30-23-15-26-28(25(29)24(21)23)14-13-19-12-11-18-8-4-6-10-22(18)27-19/h3-12,15-16H,2,13-14H2,1H3. The van der Waals surface area contributed by atoms with Crippen molar-refractivity contribution in [3.8, 4) is 11.1 Å². The average molecular weight is 412 g/mol. The molecule has 0 fully saturated rings. The lowest BCUT2D eigenvalue weighted by Gasteiger charge is -2.08. The van der Waals surface area contributed by atoms with E-state index >= 15 is 0 Å². The van der Waals surface area contributed by atoms with Gasteiger partial charge >= 0.3 is 0 Å². The summed E-state index contributed by atoms with van der Waals surface area (Å²) in [6, 6.07) is 20.5. The first kappa shape index (κ1) is 18.7. The van der Waals surface area contributed by atoms with Gasteiger partial charge in [-0.1, -0.05) is 55.5 Å². The molecule has 5 heteroatoms. The molecule has 0 N–H and O–H groups in total. The number of para-hydroxylation sites is 1. The van der Waals surface area contributed by atoms with Crippen molar-refractivity contribution in [2.45, 2.75) is 26.3 Å². The summed E-state index contributed by atoms with van der Waals surface area (Å²) < 4.78 is 2.50. The molecule has 0 saturated heterocycles. The third-order valence-electron chi connectivity index (χ3n) is 5.51. The summed E-state index contributed by atoms with van der Waals surface area (Å²) in [5, 5.41) is 8.39. The van der Waals surface area contributed by atoms with Crippen molar-refractivity contribution in [2.24, 2.45) is 0 Å². The van der Waals surface area contributed by atoms with Gasteiger partial charge in [0, 0.05) is 28.4 Å². The van der Waals surface area contributed by atoms with E-state index in [2.05, 4.69) is 41.7 Å². The Labute approximate surface area is 178 Å². The van der Waals surface area contributed by atoms with E-state index in [9.17, 15) is 4.79 Å². The van der Waals surface area contributed by atoms with Gasteiger partial charge in [-0.2, -0.15) is 5.10 Å². The van der Waals surface area contributed by atoms with Gasteiger partial charge in [0.1, 0.15) is 0 Å². The van der Waals surface area contributed by atoms with Crippen LogP contribution in [0.1, 0.15) is 18.2 Å². The second-order valence-electron chi connectivity index (χ2n) is 7.32. The lowest BCUT2D eigenvalue weighted by molar-refractivity contribution is 0.580. The van der Waals surface area contributed by atoms with Gasteiger partial charge in [0.2, 0.25) is 0 Å². The molecule has 30 heavy (non-hydrogen) atoms. The number of hydrogen-bond donors (Lipinski definition) is 0. The van der Waals surface area contributed by atoms with Crippen LogP contribution in [0, 0.1) is 0 Å². The SMILES string of the molecule is CCc1ccccc1-c1csc2cnn(CCc3ccc4ccccc4n3)c(=O)c12. The molecule has 5 rings (SSSR count). The van der Waals surface area contributed by atoms with Crippen LogP contribution in [-0.2, 0) is 19.4 Å². The van der Waals surface area contributed by atoms with E-state index in [-0.39, 0.29) is 5.56 Å². The number of aromatic nitrogens is 3. The van der Waals surface area contributed by atoms with Crippen molar-refractivity contribution in [2.75, 3.05) is 0 Å². The molecule has 0 aliphatic carbocycles. The number of fused-ring (bicyclic) bond motifs is 2. The second kappa shape index (κ2) is 7.84. The third kappa shape index (κ3) is 3.31. The Kier molecular flexibility index (Phi) is 4.89. The summed E-state index contributed by atoms with van der Waals surface area (Å²) in [5.74, 6) is 0. The zero-order valence-electron chi connectivity index (χ0n) is 16.7. The number of pyridine rings is 1. The third-order valence-corrected chi connectivity index (χ3v) is 6.42. The molecule has 0 unspecified atom stereocenters. The molecule has 0 amide bonds.